The van der Waals surface area contributed by atoms with Crippen LogP contribution in [0.2, 0.25) is 0 Å². The van der Waals surface area contributed by atoms with E-state index in [1.165, 1.54) is 66.8 Å². The highest BCUT2D eigenvalue weighted by atomic mass is 16.5. The molecule has 9 aromatic carbocycles. The molecule has 0 saturated carbocycles. The predicted molar refractivity (Wildman–Crippen MR) is 256 cm³/mol. The summed E-state index contributed by atoms with van der Waals surface area (Å²) in [6.07, 6.45) is 0. The molecule has 9 aromatic rings. The average molecular weight is 786 g/mol. The summed E-state index contributed by atoms with van der Waals surface area (Å²) < 4.78 is 6.86. The number of ether oxygens (including phenoxy) is 1. The second kappa shape index (κ2) is 13.8. The number of rotatable bonds is 5. The van der Waals surface area contributed by atoms with Crippen molar-refractivity contribution < 1.29 is 6.16 Å². The number of hydrogen-bond acceptors (Lipinski definition) is 2. The maximum absolute atomic E-state index is 6.86. The third-order valence-electron chi connectivity index (χ3n) is 13.4. The van der Waals surface area contributed by atoms with E-state index < -0.39 is 5.41 Å². The molecule has 12 rings (SSSR count). The monoisotopic (exact) mass is 785 g/mol. The van der Waals surface area contributed by atoms with Crippen LogP contribution in [0.4, 0.5) is 17.1 Å². The van der Waals surface area contributed by atoms with Crippen molar-refractivity contribution in [2.24, 2.45) is 0 Å². The lowest BCUT2D eigenvalue weighted by Crippen LogP contribution is -2.32. The molecule has 0 amide bonds. The lowest BCUT2D eigenvalue weighted by Gasteiger charge is -2.39. The van der Waals surface area contributed by atoms with Crippen molar-refractivity contribution in [1.82, 2.24) is 0 Å². The van der Waals surface area contributed by atoms with E-state index in [1.54, 1.807) is 0 Å². The van der Waals surface area contributed by atoms with Crippen LogP contribution in [0.3, 0.4) is 0 Å². The third kappa shape index (κ3) is 5.28. The van der Waals surface area contributed by atoms with Gasteiger partial charge in [0.1, 0.15) is 11.5 Å². The number of para-hydroxylation sites is 2. The van der Waals surface area contributed by atoms with Crippen LogP contribution in [-0.2, 0) is 10.8 Å². The Morgan fingerprint density at radius 3 is 1.57 bits per heavy atom. The highest BCUT2D eigenvalue weighted by Crippen LogP contribution is 2.62. The van der Waals surface area contributed by atoms with Crippen LogP contribution in [0.5, 0.6) is 11.5 Å². The van der Waals surface area contributed by atoms with Crippen molar-refractivity contribution in [3.63, 3.8) is 0 Å². The van der Waals surface area contributed by atoms with Crippen LogP contribution in [0.15, 0.2) is 212 Å². The molecule has 0 radical (unpaired) electrons. The topological polar surface area (TPSA) is 12.5 Å². The first-order valence-corrected chi connectivity index (χ1v) is 20.9. The van der Waals surface area contributed by atoms with E-state index in [4.69, 9.17) is 4.74 Å². The Kier molecular flexibility index (Phi) is 8.31. The molecule has 1 spiro atoms. The van der Waals surface area contributed by atoms with Crippen molar-refractivity contribution in [1.29, 1.82) is 0 Å². The first-order chi connectivity index (χ1) is 29.5. The predicted octanol–water partition coefficient (Wildman–Crippen LogP) is 16.1. The quantitative estimate of drug-likeness (QED) is 0.172. The number of nitrogens with zero attached hydrogens (tertiary/aromatic N) is 1. The lowest BCUT2D eigenvalue weighted by atomic mass is 9.66. The fraction of sp³-hybridized carbons (Fsp3) is 0.0847. The van der Waals surface area contributed by atoms with Gasteiger partial charge in [-0.1, -0.05) is 191 Å². The Labute approximate surface area is 360 Å². The SMILES string of the molecule is C.CC1(C)c2ccccc2-c2ccc(N(c3ccc(-c4ccc5c(c4)Oc4ccccc4C54c5ccccc5-c5ccccc54)cc3)c3ccccc3-c3ccccc3)cc21.[HH]. The zero-order valence-electron chi connectivity index (χ0n) is 33.6. The Balaban J connectivity index is 0.00000229. The van der Waals surface area contributed by atoms with Gasteiger partial charge in [-0.15, -0.1) is 0 Å². The molecule has 0 saturated heterocycles. The molecule has 1 heterocycles. The van der Waals surface area contributed by atoms with E-state index in [-0.39, 0.29) is 14.3 Å². The molecule has 2 heteroatoms. The van der Waals surface area contributed by atoms with Gasteiger partial charge in [0.05, 0.1) is 11.1 Å². The molecular weight excluding hydrogens is 739 g/mol. The first kappa shape index (κ1) is 36.6. The molecule has 0 unspecified atom stereocenters. The van der Waals surface area contributed by atoms with Gasteiger partial charge >= 0.3 is 0 Å². The summed E-state index contributed by atoms with van der Waals surface area (Å²) in [6.45, 7) is 4.71. The summed E-state index contributed by atoms with van der Waals surface area (Å²) in [5, 5.41) is 0. The van der Waals surface area contributed by atoms with Crippen LogP contribution in [0, 0.1) is 0 Å². The van der Waals surface area contributed by atoms with Gasteiger partial charge in [0.25, 0.3) is 0 Å². The third-order valence-corrected chi connectivity index (χ3v) is 13.4. The smallest absolute Gasteiger partial charge is 0.132 e. The molecule has 0 fully saturated rings. The minimum absolute atomic E-state index is 0. The van der Waals surface area contributed by atoms with Crippen LogP contribution < -0.4 is 9.64 Å². The van der Waals surface area contributed by atoms with E-state index in [2.05, 4.69) is 231 Å². The summed E-state index contributed by atoms with van der Waals surface area (Å²) in [5.41, 5.74) is 20.3. The minimum atomic E-state index is -0.474. The fourth-order valence-electron chi connectivity index (χ4n) is 10.6. The second-order valence-electron chi connectivity index (χ2n) is 16.8. The van der Waals surface area contributed by atoms with Gasteiger partial charge in [0.15, 0.2) is 0 Å². The van der Waals surface area contributed by atoms with E-state index in [0.717, 1.165) is 39.7 Å². The number of fused-ring (bicyclic) bond motifs is 12. The highest BCUT2D eigenvalue weighted by molar-refractivity contribution is 5.92. The molecule has 0 aromatic heterocycles. The van der Waals surface area contributed by atoms with Crippen molar-refractivity contribution >= 4 is 17.1 Å². The van der Waals surface area contributed by atoms with Gasteiger partial charge in [-0.2, -0.15) is 0 Å². The standard InChI is InChI=1S/C58H41NO.CH4.H2/c1-57(2)48-22-10-6-19-44(48)47-34-33-42(37-53(47)57)59(54-26-14-9-18-43(54)39-16-4-3-5-17-39)41-31-28-38(29-32-41)40-30-35-52-56(36-40)60-55-27-15-13-25-51(55)58(52)49-23-11-7-20-45(49)46-21-8-12-24-50(46)58;;/h3-37H,1-2H3;1H4;1H. The molecule has 3 aliphatic rings. The van der Waals surface area contributed by atoms with Gasteiger partial charge in [0.2, 0.25) is 0 Å². The number of benzene rings is 9. The van der Waals surface area contributed by atoms with E-state index in [0.29, 0.717) is 0 Å². The molecule has 0 atom stereocenters. The van der Waals surface area contributed by atoms with E-state index in [9.17, 15) is 0 Å². The van der Waals surface area contributed by atoms with Gasteiger partial charge in [-0.05, 0) is 104 Å². The van der Waals surface area contributed by atoms with E-state index in [1.807, 2.05) is 0 Å². The van der Waals surface area contributed by atoms with Crippen molar-refractivity contribution in [3.05, 3.63) is 246 Å². The molecule has 294 valence electrons. The molecule has 0 bridgehead atoms. The fourth-order valence-corrected chi connectivity index (χ4v) is 10.6. The van der Waals surface area contributed by atoms with Crippen LogP contribution in [-0.4, -0.2) is 0 Å². The molecular formula is C59H47NO. The van der Waals surface area contributed by atoms with Crippen LogP contribution in [0.25, 0.3) is 44.5 Å². The van der Waals surface area contributed by atoms with Gasteiger partial charge < -0.3 is 9.64 Å². The molecule has 61 heavy (non-hydrogen) atoms. The van der Waals surface area contributed by atoms with E-state index >= 15 is 0 Å². The number of hydrogen-bond donors (Lipinski definition) is 0. The van der Waals surface area contributed by atoms with Crippen molar-refractivity contribution in [3.8, 4) is 56.0 Å². The number of anilines is 3. The Bertz CT molecular complexity index is 3120. The van der Waals surface area contributed by atoms with Crippen molar-refractivity contribution in [2.45, 2.75) is 32.1 Å². The maximum atomic E-state index is 6.86. The minimum Gasteiger partial charge on any atom is -0.457 e. The van der Waals surface area contributed by atoms with Crippen molar-refractivity contribution in [2.75, 3.05) is 4.90 Å². The first-order valence-electron chi connectivity index (χ1n) is 20.9. The molecule has 1 aliphatic heterocycles. The highest BCUT2D eigenvalue weighted by Gasteiger charge is 2.51. The van der Waals surface area contributed by atoms with Crippen LogP contribution >= 0.6 is 0 Å². The molecule has 2 aliphatic carbocycles. The lowest BCUT2D eigenvalue weighted by molar-refractivity contribution is 0.436. The zero-order valence-corrected chi connectivity index (χ0v) is 33.6. The maximum Gasteiger partial charge on any atom is 0.132 e. The zero-order chi connectivity index (χ0) is 40.0. The Hall–Kier alpha value is -7.42. The summed E-state index contributed by atoms with van der Waals surface area (Å²) in [4.78, 5) is 2.43. The average Bonchev–Trinajstić information content (AvgIpc) is 3.72. The largest absolute Gasteiger partial charge is 0.457 e. The summed E-state index contributed by atoms with van der Waals surface area (Å²) >= 11 is 0. The van der Waals surface area contributed by atoms with Gasteiger partial charge in [0, 0.05) is 34.9 Å². The summed E-state index contributed by atoms with van der Waals surface area (Å²) in [7, 11) is 0. The van der Waals surface area contributed by atoms with Gasteiger partial charge in [-0.25, -0.2) is 0 Å². The molecule has 2 nitrogen and oxygen atoms in total. The summed E-state index contributed by atoms with van der Waals surface area (Å²) in [6, 6.07) is 77.6. The second-order valence-corrected chi connectivity index (χ2v) is 16.8. The van der Waals surface area contributed by atoms with Gasteiger partial charge in [-0.3, -0.25) is 0 Å². The normalized spacial score (nSPS) is 14.0. The Morgan fingerprint density at radius 1 is 0.361 bits per heavy atom. The summed E-state index contributed by atoms with van der Waals surface area (Å²) in [5.74, 6) is 1.79. The van der Waals surface area contributed by atoms with Crippen LogP contribution in [0.1, 0.15) is 56.1 Å². The Morgan fingerprint density at radius 2 is 0.869 bits per heavy atom. The molecule has 0 N–H and O–H groups in total.